The molecule has 0 unspecified atom stereocenters. The molecule has 0 spiro atoms. The molecule has 0 aliphatic rings. The predicted molar refractivity (Wildman–Crippen MR) is 71.1 cm³/mol. The average molecular weight is 241 g/mol. The van der Waals surface area contributed by atoms with E-state index < -0.39 is 0 Å². The highest BCUT2D eigenvalue weighted by Gasteiger charge is 2.10. The Balaban J connectivity index is 2.78. The van der Waals surface area contributed by atoms with Gasteiger partial charge in [0.1, 0.15) is 5.15 Å². The van der Waals surface area contributed by atoms with Gasteiger partial charge in [-0.2, -0.15) is 0 Å². The SMILES string of the molecule is CC(C)CN(CC(C)C)c1ccc(Cl)nc1. The standard InChI is InChI=1S/C13H21ClN2/c1-10(2)8-16(9-11(3)4)12-5-6-13(14)15-7-12/h5-7,10-11H,8-9H2,1-4H3. The van der Waals surface area contributed by atoms with E-state index in [0.717, 1.165) is 18.8 Å². The van der Waals surface area contributed by atoms with Crippen molar-refractivity contribution in [2.75, 3.05) is 18.0 Å². The lowest BCUT2D eigenvalue weighted by Gasteiger charge is -2.28. The molecule has 0 radical (unpaired) electrons. The maximum Gasteiger partial charge on any atom is 0.129 e. The molecule has 2 nitrogen and oxygen atoms in total. The second-order valence-electron chi connectivity index (χ2n) is 5.03. The molecule has 0 N–H and O–H groups in total. The highest BCUT2D eigenvalue weighted by molar-refractivity contribution is 6.29. The van der Waals surface area contributed by atoms with Gasteiger partial charge in [-0.05, 0) is 24.0 Å². The van der Waals surface area contributed by atoms with E-state index in [0.29, 0.717) is 17.0 Å². The van der Waals surface area contributed by atoms with Crippen LogP contribution in [0.1, 0.15) is 27.7 Å². The quantitative estimate of drug-likeness (QED) is 0.727. The summed E-state index contributed by atoms with van der Waals surface area (Å²) in [5.41, 5.74) is 1.16. The minimum Gasteiger partial charge on any atom is -0.370 e. The summed E-state index contributed by atoms with van der Waals surface area (Å²) in [5, 5.41) is 0.554. The van der Waals surface area contributed by atoms with Crippen molar-refractivity contribution in [3.8, 4) is 0 Å². The van der Waals surface area contributed by atoms with Crippen LogP contribution in [0.2, 0.25) is 5.15 Å². The van der Waals surface area contributed by atoms with Gasteiger partial charge in [-0.25, -0.2) is 4.98 Å². The summed E-state index contributed by atoms with van der Waals surface area (Å²) in [6, 6.07) is 3.89. The van der Waals surface area contributed by atoms with Crippen LogP contribution < -0.4 is 4.90 Å². The minimum absolute atomic E-state index is 0.554. The lowest BCUT2D eigenvalue weighted by atomic mass is 10.1. The summed E-state index contributed by atoms with van der Waals surface area (Å²) < 4.78 is 0. The lowest BCUT2D eigenvalue weighted by molar-refractivity contribution is 0.552. The monoisotopic (exact) mass is 240 g/mol. The Morgan fingerprint density at radius 3 is 2.06 bits per heavy atom. The van der Waals surface area contributed by atoms with E-state index in [1.165, 1.54) is 0 Å². The van der Waals surface area contributed by atoms with Crippen LogP contribution in [0.4, 0.5) is 5.69 Å². The van der Waals surface area contributed by atoms with Crippen LogP contribution in [0, 0.1) is 11.8 Å². The van der Waals surface area contributed by atoms with Crippen LogP contribution in [-0.4, -0.2) is 18.1 Å². The number of hydrogen-bond donors (Lipinski definition) is 0. The van der Waals surface area contributed by atoms with Crippen molar-refractivity contribution in [1.82, 2.24) is 4.98 Å². The molecule has 0 aromatic carbocycles. The molecule has 1 heterocycles. The van der Waals surface area contributed by atoms with E-state index in [1.54, 1.807) is 0 Å². The summed E-state index contributed by atoms with van der Waals surface area (Å²) in [7, 11) is 0. The van der Waals surface area contributed by atoms with Gasteiger partial charge >= 0.3 is 0 Å². The average Bonchev–Trinajstić information content (AvgIpc) is 2.16. The van der Waals surface area contributed by atoms with E-state index in [2.05, 4.69) is 37.6 Å². The Hall–Kier alpha value is -0.760. The van der Waals surface area contributed by atoms with Crippen molar-refractivity contribution in [2.24, 2.45) is 11.8 Å². The molecular weight excluding hydrogens is 220 g/mol. The van der Waals surface area contributed by atoms with E-state index in [1.807, 2.05) is 18.3 Å². The van der Waals surface area contributed by atoms with Crippen LogP contribution >= 0.6 is 11.6 Å². The van der Waals surface area contributed by atoms with Gasteiger partial charge in [0, 0.05) is 13.1 Å². The zero-order valence-corrected chi connectivity index (χ0v) is 11.3. The van der Waals surface area contributed by atoms with Crippen molar-refractivity contribution in [3.05, 3.63) is 23.5 Å². The van der Waals surface area contributed by atoms with Crippen molar-refractivity contribution >= 4 is 17.3 Å². The molecule has 0 fully saturated rings. The second kappa shape index (κ2) is 6.09. The number of anilines is 1. The summed E-state index contributed by atoms with van der Waals surface area (Å²) in [5.74, 6) is 1.30. The zero-order chi connectivity index (χ0) is 12.1. The summed E-state index contributed by atoms with van der Waals surface area (Å²) in [4.78, 5) is 6.51. The van der Waals surface area contributed by atoms with Crippen molar-refractivity contribution in [2.45, 2.75) is 27.7 Å². The Labute approximate surface area is 104 Å². The Morgan fingerprint density at radius 1 is 1.12 bits per heavy atom. The van der Waals surface area contributed by atoms with Gasteiger partial charge in [0.05, 0.1) is 11.9 Å². The molecule has 0 saturated heterocycles. The normalized spacial score (nSPS) is 11.2. The maximum absolute atomic E-state index is 5.80. The number of aromatic nitrogens is 1. The first-order chi connectivity index (χ1) is 7.49. The van der Waals surface area contributed by atoms with Gasteiger partial charge in [-0.1, -0.05) is 39.3 Å². The van der Waals surface area contributed by atoms with E-state index in [-0.39, 0.29) is 0 Å². The first kappa shape index (κ1) is 13.3. The van der Waals surface area contributed by atoms with Crippen LogP contribution in [0.25, 0.3) is 0 Å². The molecule has 0 saturated carbocycles. The molecular formula is C13H21ClN2. The molecule has 1 aromatic rings. The molecule has 3 heteroatoms. The first-order valence-electron chi connectivity index (χ1n) is 5.85. The van der Waals surface area contributed by atoms with Crippen molar-refractivity contribution in [3.63, 3.8) is 0 Å². The van der Waals surface area contributed by atoms with Gasteiger partial charge in [-0.3, -0.25) is 0 Å². The van der Waals surface area contributed by atoms with Gasteiger partial charge in [0.15, 0.2) is 0 Å². The number of hydrogen-bond acceptors (Lipinski definition) is 2. The molecule has 90 valence electrons. The highest BCUT2D eigenvalue weighted by atomic mass is 35.5. The lowest BCUT2D eigenvalue weighted by Crippen LogP contribution is -2.31. The molecule has 16 heavy (non-hydrogen) atoms. The van der Waals surface area contributed by atoms with Gasteiger partial charge in [0.25, 0.3) is 0 Å². The number of rotatable bonds is 5. The topological polar surface area (TPSA) is 16.1 Å². The number of pyridine rings is 1. The first-order valence-corrected chi connectivity index (χ1v) is 6.23. The maximum atomic E-state index is 5.80. The largest absolute Gasteiger partial charge is 0.370 e. The van der Waals surface area contributed by atoms with Gasteiger partial charge < -0.3 is 4.90 Å². The number of halogens is 1. The summed E-state index contributed by atoms with van der Waals surface area (Å²) in [6.07, 6.45) is 1.85. The fourth-order valence-corrected chi connectivity index (χ4v) is 1.83. The number of nitrogens with zero attached hydrogens (tertiary/aromatic N) is 2. The Morgan fingerprint density at radius 2 is 1.69 bits per heavy atom. The summed E-state index contributed by atoms with van der Waals surface area (Å²) >= 11 is 5.80. The van der Waals surface area contributed by atoms with E-state index in [4.69, 9.17) is 11.6 Å². The third-order valence-corrected chi connectivity index (χ3v) is 2.47. The van der Waals surface area contributed by atoms with Gasteiger partial charge in [-0.15, -0.1) is 0 Å². The van der Waals surface area contributed by atoms with Crippen LogP contribution in [0.5, 0.6) is 0 Å². The second-order valence-corrected chi connectivity index (χ2v) is 5.42. The molecule has 1 rings (SSSR count). The van der Waals surface area contributed by atoms with Crippen LogP contribution in [-0.2, 0) is 0 Å². The smallest absolute Gasteiger partial charge is 0.129 e. The highest BCUT2D eigenvalue weighted by Crippen LogP contribution is 2.18. The predicted octanol–water partition coefficient (Wildman–Crippen LogP) is 3.85. The molecule has 0 aliphatic carbocycles. The molecule has 0 bridgehead atoms. The van der Waals surface area contributed by atoms with E-state index >= 15 is 0 Å². The third kappa shape index (κ3) is 4.40. The fourth-order valence-electron chi connectivity index (χ4n) is 1.72. The minimum atomic E-state index is 0.554. The Bertz CT molecular complexity index is 296. The molecule has 0 aliphatic heterocycles. The molecule has 0 amide bonds. The van der Waals surface area contributed by atoms with Gasteiger partial charge in [0.2, 0.25) is 0 Å². The van der Waals surface area contributed by atoms with Crippen molar-refractivity contribution in [1.29, 1.82) is 0 Å². The third-order valence-electron chi connectivity index (χ3n) is 2.25. The Kier molecular flexibility index (Phi) is 5.07. The molecule has 0 atom stereocenters. The zero-order valence-electron chi connectivity index (χ0n) is 10.6. The van der Waals surface area contributed by atoms with Crippen LogP contribution in [0.3, 0.4) is 0 Å². The fraction of sp³-hybridized carbons (Fsp3) is 0.615. The molecule has 1 aromatic heterocycles. The van der Waals surface area contributed by atoms with E-state index in [9.17, 15) is 0 Å². The summed E-state index contributed by atoms with van der Waals surface area (Å²) in [6.45, 7) is 11.0. The van der Waals surface area contributed by atoms with Crippen LogP contribution in [0.15, 0.2) is 18.3 Å². The van der Waals surface area contributed by atoms with Crippen molar-refractivity contribution < 1.29 is 0 Å².